The van der Waals surface area contributed by atoms with Crippen LogP contribution in [-0.2, 0) is 10.0 Å². The standard InChI is InChI=1S/C13H16N2O2S/c1-13(2)7-8-15(10-13)18(16,17)12-5-3-11(9-14)4-6-12/h3-6H,7-8,10H2,1-2H3. The van der Waals surface area contributed by atoms with Crippen molar-refractivity contribution < 1.29 is 8.42 Å². The van der Waals surface area contributed by atoms with E-state index in [0.29, 0.717) is 18.7 Å². The Morgan fingerprint density at radius 3 is 2.33 bits per heavy atom. The Kier molecular flexibility index (Phi) is 3.18. The Balaban J connectivity index is 2.29. The van der Waals surface area contributed by atoms with Gasteiger partial charge in [-0.05, 0) is 36.1 Å². The van der Waals surface area contributed by atoms with Crippen LogP contribution < -0.4 is 0 Å². The number of nitrogens with zero attached hydrogens (tertiary/aromatic N) is 2. The van der Waals surface area contributed by atoms with Crippen molar-refractivity contribution in [1.82, 2.24) is 4.31 Å². The molecule has 2 rings (SSSR count). The second-order valence-corrected chi connectivity index (χ2v) is 7.33. The SMILES string of the molecule is CC1(C)CCN(S(=O)(=O)c2ccc(C#N)cc2)C1. The molecule has 0 bridgehead atoms. The van der Waals surface area contributed by atoms with Crippen molar-refractivity contribution in [3.63, 3.8) is 0 Å². The summed E-state index contributed by atoms with van der Waals surface area (Å²) in [5.74, 6) is 0. The molecule has 0 spiro atoms. The first kappa shape index (κ1) is 13.1. The van der Waals surface area contributed by atoms with Crippen molar-refractivity contribution in [3.05, 3.63) is 29.8 Å². The van der Waals surface area contributed by atoms with Gasteiger partial charge in [-0.1, -0.05) is 13.8 Å². The first-order valence-corrected chi connectivity index (χ1v) is 7.29. The molecule has 96 valence electrons. The molecule has 0 saturated carbocycles. The van der Waals surface area contributed by atoms with Crippen LogP contribution in [0.4, 0.5) is 0 Å². The van der Waals surface area contributed by atoms with Gasteiger partial charge in [0.15, 0.2) is 0 Å². The van der Waals surface area contributed by atoms with Gasteiger partial charge in [0.2, 0.25) is 10.0 Å². The van der Waals surface area contributed by atoms with E-state index in [1.807, 2.05) is 6.07 Å². The molecule has 5 heteroatoms. The summed E-state index contributed by atoms with van der Waals surface area (Å²) >= 11 is 0. The van der Waals surface area contributed by atoms with Gasteiger partial charge in [-0.2, -0.15) is 9.57 Å². The Morgan fingerprint density at radius 2 is 1.89 bits per heavy atom. The smallest absolute Gasteiger partial charge is 0.207 e. The summed E-state index contributed by atoms with van der Waals surface area (Å²) in [5.41, 5.74) is 0.510. The molecule has 1 aliphatic heterocycles. The second kappa shape index (κ2) is 4.38. The highest BCUT2D eigenvalue weighted by atomic mass is 32.2. The van der Waals surface area contributed by atoms with Crippen LogP contribution in [0.5, 0.6) is 0 Å². The molecule has 18 heavy (non-hydrogen) atoms. The van der Waals surface area contributed by atoms with Crippen molar-refractivity contribution in [2.45, 2.75) is 25.2 Å². The van der Waals surface area contributed by atoms with Crippen LogP contribution in [-0.4, -0.2) is 25.8 Å². The molecule has 1 saturated heterocycles. The van der Waals surface area contributed by atoms with Gasteiger partial charge in [0, 0.05) is 13.1 Å². The number of rotatable bonds is 2. The van der Waals surface area contributed by atoms with Crippen molar-refractivity contribution in [2.75, 3.05) is 13.1 Å². The monoisotopic (exact) mass is 264 g/mol. The van der Waals surface area contributed by atoms with E-state index in [-0.39, 0.29) is 10.3 Å². The topological polar surface area (TPSA) is 61.2 Å². The van der Waals surface area contributed by atoms with Gasteiger partial charge in [-0.15, -0.1) is 0 Å². The first-order valence-electron chi connectivity index (χ1n) is 5.85. The lowest BCUT2D eigenvalue weighted by molar-refractivity contribution is 0.375. The molecule has 0 aromatic heterocycles. The number of sulfonamides is 1. The molecular formula is C13H16N2O2S. The minimum atomic E-state index is -3.41. The predicted molar refractivity (Wildman–Crippen MR) is 68.3 cm³/mol. The number of nitriles is 1. The van der Waals surface area contributed by atoms with E-state index in [9.17, 15) is 8.42 Å². The van der Waals surface area contributed by atoms with Crippen LogP contribution >= 0.6 is 0 Å². The Bertz CT molecular complexity index is 582. The highest BCUT2D eigenvalue weighted by molar-refractivity contribution is 7.89. The van der Waals surface area contributed by atoms with E-state index >= 15 is 0 Å². The molecule has 1 fully saturated rings. The third kappa shape index (κ3) is 2.40. The Hall–Kier alpha value is -1.38. The van der Waals surface area contributed by atoms with E-state index in [1.165, 1.54) is 28.6 Å². The molecule has 1 aliphatic rings. The van der Waals surface area contributed by atoms with E-state index in [4.69, 9.17) is 5.26 Å². The highest BCUT2D eigenvalue weighted by Crippen LogP contribution is 2.32. The zero-order valence-electron chi connectivity index (χ0n) is 10.5. The maximum absolute atomic E-state index is 12.4. The fourth-order valence-electron chi connectivity index (χ4n) is 2.12. The molecule has 1 aromatic rings. The van der Waals surface area contributed by atoms with Crippen LogP contribution in [0.2, 0.25) is 0 Å². The fourth-order valence-corrected chi connectivity index (χ4v) is 3.75. The van der Waals surface area contributed by atoms with E-state index in [2.05, 4.69) is 13.8 Å². The lowest BCUT2D eigenvalue weighted by Crippen LogP contribution is -2.30. The summed E-state index contributed by atoms with van der Waals surface area (Å²) in [5, 5.41) is 8.70. The zero-order valence-corrected chi connectivity index (χ0v) is 11.4. The Labute approximate surface area is 108 Å². The minimum Gasteiger partial charge on any atom is -0.207 e. The van der Waals surface area contributed by atoms with E-state index in [1.54, 1.807) is 0 Å². The van der Waals surface area contributed by atoms with Crippen LogP contribution in [0.1, 0.15) is 25.8 Å². The lowest BCUT2D eigenvalue weighted by Gasteiger charge is -2.19. The van der Waals surface area contributed by atoms with Crippen molar-refractivity contribution in [1.29, 1.82) is 5.26 Å². The van der Waals surface area contributed by atoms with Crippen molar-refractivity contribution >= 4 is 10.0 Å². The van der Waals surface area contributed by atoms with Gasteiger partial charge in [0.05, 0.1) is 16.5 Å². The van der Waals surface area contributed by atoms with Crippen molar-refractivity contribution in [3.8, 4) is 6.07 Å². The molecule has 1 aromatic carbocycles. The average molecular weight is 264 g/mol. The fraction of sp³-hybridized carbons (Fsp3) is 0.462. The number of hydrogen-bond donors (Lipinski definition) is 0. The molecule has 4 nitrogen and oxygen atoms in total. The van der Waals surface area contributed by atoms with E-state index < -0.39 is 10.0 Å². The molecule has 1 heterocycles. The average Bonchev–Trinajstić information content (AvgIpc) is 2.70. The van der Waals surface area contributed by atoms with Gasteiger partial charge >= 0.3 is 0 Å². The van der Waals surface area contributed by atoms with Crippen LogP contribution in [0.15, 0.2) is 29.2 Å². The zero-order chi connectivity index (χ0) is 13.4. The van der Waals surface area contributed by atoms with Gasteiger partial charge in [0.1, 0.15) is 0 Å². The molecular weight excluding hydrogens is 248 g/mol. The maximum atomic E-state index is 12.4. The van der Waals surface area contributed by atoms with Crippen molar-refractivity contribution in [2.24, 2.45) is 5.41 Å². The summed E-state index contributed by atoms with van der Waals surface area (Å²) in [6.07, 6.45) is 0.877. The van der Waals surface area contributed by atoms with Crippen LogP contribution in [0.3, 0.4) is 0 Å². The molecule has 0 radical (unpaired) electrons. The third-order valence-electron chi connectivity index (χ3n) is 3.26. The maximum Gasteiger partial charge on any atom is 0.243 e. The Morgan fingerprint density at radius 1 is 1.28 bits per heavy atom. The van der Waals surface area contributed by atoms with E-state index in [0.717, 1.165) is 6.42 Å². The quantitative estimate of drug-likeness (QED) is 0.820. The van der Waals surface area contributed by atoms with Crippen LogP contribution in [0, 0.1) is 16.7 Å². The molecule has 0 atom stereocenters. The molecule has 0 N–H and O–H groups in total. The van der Waals surface area contributed by atoms with Gasteiger partial charge in [-0.3, -0.25) is 0 Å². The predicted octanol–water partition coefficient (Wildman–Crippen LogP) is 1.98. The summed E-state index contributed by atoms with van der Waals surface area (Å²) < 4.78 is 26.3. The minimum absolute atomic E-state index is 0.0413. The first-order chi connectivity index (χ1) is 8.35. The molecule has 0 amide bonds. The normalized spacial score (nSPS) is 19.6. The van der Waals surface area contributed by atoms with Crippen LogP contribution in [0.25, 0.3) is 0 Å². The molecule has 0 unspecified atom stereocenters. The summed E-state index contributed by atoms with van der Waals surface area (Å²) in [4.78, 5) is 0.263. The summed E-state index contributed by atoms with van der Waals surface area (Å²) in [6.45, 7) is 5.26. The van der Waals surface area contributed by atoms with Gasteiger partial charge in [-0.25, -0.2) is 8.42 Å². The lowest BCUT2D eigenvalue weighted by atomic mass is 9.93. The summed E-state index contributed by atoms with van der Waals surface area (Å²) in [6, 6.07) is 8.05. The summed E-state index contributed by atoms with van der Waals surface area (Å²) in [7, 11) is -3.41. The third-order valence-corrected chi connectivity index (χ3v) is 5.12. The number of hydrogen-bond acceptors (Lipinski definition) is 3. The second-order valence-electron chi connectivity index (χ2n) is 5.39. The van der Waals surface area contributed by atoms with Gasteiger partial charge < -0.3 is 0 Å². The molecule has 0 aliphatic carbocycles. The number of benzene rings is 1. The highest BCUT2D eigenvalue weighted by Gasteiger charge is 2.36. The largest absolute Gasteiger partial charge is 0.243 e. The van der Waals surface area contributed by atoms with Gasteiger partial charge in [0.25, 0.3) is 0 Å².